The molecule has 0 fully saturated rings. The van der Waals surface area contributed by atoms with Crippen molar-refractivity contribution in [1.82, 2.24) is 10.6 Å². The Morgan fingerprint density at radius 2 is 1.91 bits per heavy atom. The molecule has 22 heavy (non-hydrogen) atoms. The number of esters is 1. The molecule has 0 saturated carbocycles. The second kappa shape index (κ2) is 8.28. The van der Waals surface area contributed by atoms with Crippen LogP contribution in [-0.4, -0.2) is 41.0 Å². The summed E-state index contributed by atoms with van der Waals surface area (Å²) in [5, 5.41) is 4.22. The Labute approximate surface area is 130 Å². The quantitative estimate of drug-likeness (QED) is 0.780. The summed E-state index contributed by atoms with van der Waals surface area (Å²) in [4.78, 5) is 35.2. The van der Waals surface area contributed by atoms with Crippen molar-refractivity contribution in [2.24, 2.45) is 0 Å². The molecule has 0 heterocycles. The van der Waals surface area contributed by atoms with Crippen LogP contribution in [0.4, 0.5) is 4.79 Å². The molecule has 0 aliphatic heterocycles. The monoisotopic (exact) mass is 326 g/mol. The highest BCUT2D eigenvalue weighted by atomic mass is 32.2. The second-order valence-electron chi connectivity index (χ2n) is 4.25. The van der Waals surface area contributed by atoms with Gasteiger partial charge in [0.15, 0.2) is 6.10 Å². The predicted octanol–water partition coefficient (Wildman–Crippen LogP) is 0.815. The molecule has 2 unspecified atom stereocenters. The number of nitrogens with one attached hydrogen (secondary N) is 2. The number of imide groups is 1. The molecule has 0 aliphatic rings. The Kier molecular flexibility index (Phi) is 6.71. The van der Waals surface area contributed by atoms with Crippen LogP contribution in [0.2, 0.25) is 0 Å². The van der Waals surface area contributed by atoms with Crippen LogP contribution in [0, 0.1) is 0 Å². The topological polar surface area (TPSA) is 102 Å². The van der Waals surface area contributed by atoms with E-state index in [9.17, 15) is 18.6 Å². The third-order valence-electron chi connectivity index (χ3n) is 2.73. The lowest BCUT2D eigenvalue weighted by atomic mass is 10.2. The fraction of sp³-hybridized carbons (Fsp3) is 0.357. The summed E-state index contributed by atoms with van der Waals surface area (Å²) in [6.45, 7) is 3.08. The number of amides is 3. The molecule has 8 heteroatoms. The first-order valence-electron chi connectivity index (χ1n) is 6.61. The number of rotatable bonds is 5. The molecule has 0 saturated heterocycles. The molecule has 2 N–H and O–H groups in total. The van der Waals surface area contributed by atoms with Gasteiger partial charge in [-0.15, -0.1) is 0 Å². The number of benzene rings is 1. The van der Waals surface area contributed by atoms with Gasteiger partial charge in [0.25, 0.3) is 5.91 Å². The van der Waals surface area contributed by atoms with E-state index in [-0.39, 0.29) is 5.56 Å². The van der Waals surface area contributed by atoms with Gasteiger partial charge in [-0.3, -0.25) is 14.3 Å². The molecule has 1 aromatic rings. The van der Waals surface area contributed by atoms with Gasteiger partial charge in [-0.1, -0.05) is 19.1 Å². The van der Waals surface area contributed by atoms with Crippen LogP contribution in [0.1, 0.15) is 24.2 Å². The molecule has 0 aliphatic carbocycles. The number of hydrogen-bond acceptors (Lipinski definition) is 5. The van der Waals surface area contributed by atoms with Crippen LogP contribution in [0.25, 0.3) is 0 Å². The standard InChI is InChI=1S/C14H18N2O5S/c1-4-22(20)11-8-6-5-7-10(11)13(18)21-9(2)12(17)16-14(19)15-3/h5-9H,4H2,1-3H3,(H2,15,16,17,19). The molecular weight excluding hydrogens is 308 g/mol. The Morgan fingerprint density at radius 3 is 2.50 bits per heavy atom. The van der Waals surface area contributed by atoms with Crippen LogP contribution in [0.3, 0.4) is 0 Å². The maximum atomic E-state index is 12.1. The van der Waals surface area contributed by atoms with Gasteiger partial charge in [0.2, 0.25) is 0 Å². The number of ether oxygens (including phenoxy) is 1. The zero-order valence-corrected chi connectivity index (χ0v) is 13.4. The van der Waals surface area contributed by atoms with Gasteiger partial charge in [0, 0.05) is 12.8 Å². The summed E-state index contributed by atoms with van der Waals surface area (Å²) in [7, 11) is 0.0327. The zero-order chi connectivity index (χ0) is 16.7. The normalized spacial score (nSPS) is 12.9. The van der Waals surface area contributed by atoms with Crippen molar-refractivity contribution in [3.8, 4) is 0 Å². The minimum absolute atomic E-state index is 0.141. The first-order valence-corrected chi connectivity index (χ1v) is 7.93. The Balaban J connectivity index is 2.83. The average Bonchev–Trinajstić information content (AvgIpc) is 2.53. The number of carbonyl (C=O) groups excluding carboxylic acids is 3. The fourth-order valence-corrected chi connectivity index (χ4v) is 2.48. The molecule has 1 aromatic carbocycles. The van der Waals surface area contributed by atoms with Gasteiger partial charge in [-0.25, -0.2) is 9.59 Å². The van der Waals surface area contributed by atoms with Crippen molar-refractivity contribution >= 4 is 28.7 Å². The minimum Gasteiger partial charge on any atom is -0.449 e. The van der Waals surface area contributed by atoms with Crippen molar-refractivity contribution in [1.29, 1.82) is 0 Å². The van der Waals surface area contributed by atoms with Crippen molar-refractivity contribution in [3.05, 3.63) is 29.8 Å². The second-order valence-corrected chi connectivity index (χ2v) is 5.95. The summed E-state index contributed by atoms with van der Waals surface area (Å²) in [5.41, 5.74) is 0.141. The van der Waals surface area contributed by atoms with Crippen LogP contribution in [0.5, 0.6) is 0 Å². The average molecular weight is 326 g/mol. The Bertz CT molecular complexity index is 603. The molecule has 0 radical (unpaired) electrons. The van der Waals surface area contributed by atoms with Crippen molar-refractivity contribution in [3.63, 3.8) is 0 Å². The van der Waals surface area contributed by atoms with Crippen molar-refractivity contribution in [2.45, 2.75) is 24.8 Å². The summed E-state index contributed by atoms with van der Waals surface area (Å²) in [6.07, 6.45) is -1.16. The highest BCUT2D eigenvalue weighted by Gasteiger charge is 2.23. The van der Waals surface area contributed by atoms with Gasteiger partial charge < -0.3 is 10.1 Å². The van der Waals surface area contributed by atoms with Gasteiger partial charge in [0.1, 0.15) is 0 Å². The SMILES string of the molecule is CCS(=O)c1ccccc1C(=O)OC(C)C(=O)NC(=O)NC. The van der Waals surface area contributed by atoms with E-state index in [4.69, 9.17) is 4.74 Å². The third kappa shape index (κ3) is 4.66. The lowest BCUT2D eigenvalue weighted by Gasteiger charge is -2.14. The van der Waals surface area contributed by atoms with Crippen molar-refractivity contribution < 1.29 is 23.3 Å². The highest BCUT2D eigenvalue weighted by molar-refractivity contribution is 7.85. The lowest BCUT2D eigenvalue weighted by Crippen LogP contribution is -2.43. The maximum Gasteiger partial charge on any atom is 0.340 e. The van der Waals surface area contributed by atoms with Gasteiger partial charge in [-0.2, -0.15) is 0 Å². The molecule has 2 atom stereocenters. The summed E-state index contributed by atoms with van der Waals surface area (Å²) < 4.78 is 16.9. The first-order chi connectivity index (χ1) is 10.4. The molecule has 0 bridgehead atoms. The van der Waals surface area contributed by atoms with E-state index in [1.807, 2.05) is 5.32 Å². The molecule has 7 nitrogen and oxygen atoms in total. The zero-order valence-electron chi connectivity index (χ0n) is 12.5. The van der Waals surface area contributed by atoms with E-state index in [1.165, 1.54) is 20.0 Å². The maximum absolute atomic E-state index is 12.1. The van der Waals surface area contributed by atoms with E-state index < -0.39 is 34.8 Å². The Hall–Kier alpha value is -2.22. The van der Waals surface area contributed by atoms with Crippen molar-refractivity contribution in [2.75, 3.05) is 12.8 Å². The highest BCUT2D eigenvalue weighted by Crippen LogP contribution is 2.15. The van der Waals surface area contributed by atoms with Gasteiger partial charge in [0.05, 0.1) is 21.3 Å². The molecule has 3 amide bonds. The minimum atomic E-state index is -1.32. The number of urea groups is 1. The summed E-state index contributed by atoms with van der Waals surface area (Å²) in [5.74, 6) is -1.16. The predicted molar refractivity (Wildman–Crippen MR) is 80.9 cm³/mol. The number of carbonyl (C=O) groups is 3. The summed E-state index contributed by atoms with van der Waals surface area (Å²) >= 11 is 0. The van der Waals surface area contributed by atoms with Gasteiger partial charge >= 0.3 is 12.0 Å². The first kappa shape index (κ1) is 17.8. The number of hydrogen-bond donors (Lipinski definition) is 2. The summed E-state index contributed by atoms with van der Waals surface area (Å²) in [6, 6.07) is 5.64. The smallest absolute Gasteiger partial charge is 0.340 e. The molecule has 0 aromatic heterocycles. The van der Waals surface area contributed by atoms with E-state index in [0.717, 1.165) is 0 Å². The van der Waals surface area contributed by atoms with E-state index >= 15 is 0 Å². The van der Waals surface area contributed by atoms with E-state index in [1.54, 1.807) is 25.1 Å². The molecule has 120 valence electrons. The van der Waals surface area contributed by atoms with Gasteiger partial charge in [-0.05, 0) is 19.1 Å². The Morgan fingerprint density at radius 1 is 1.27 bits per heavy atom. The van der Waals surface area contributed by atoms with E-state index in [2.05, 4.69) is 5.32 Å². The molecule has 1 rings (SSSR count). The molecule has 0 spiro atoms. The molecular formula is C14H18N2O5S. The third-order valence-corrected chi connectivity index (χ3v) is 4.10. The van der Waals surface area contributed by atoms with Crippen LogP contribution in [0.15, 0.2) is 29.2 Å². The fourth-order valence-electron chi connectivity index (χ4n) is 1.54. The van der Waals surface area contributed by atoms with Crippen LogP contribution in [-0.2, 0) is 20.3 Å². The lowest BCUT2D eigenvalue weighted by molar-refractivity contribution is -0.127. The largest absolute Gasteiger partial charge is 0.449 e. The van der Waals surface area contributed by atoms with E-state index in [0.29, 0.717) is 10.6 Å². The van der Waals surface area contributed by atoms with Crippen LogP contribution >= 0.6 is 0 Å². The van der Waals surface area contributed by atoms with Crippen LogP contribution < -0.4 is 10.6 Å².